The molecule has 0 spiro atoms. The fraction of sp³-hybridized carbons (Fsp3) is 0.0667. The van der Waals surface area contributed by atoms with Crippen LogP contribution in [0.3, 0.4) is 0 Å². The standard InChI is InChI=1S/C15H9BrFNO3/c16-12-6-5-10(17)7-9(12)8-18-13-4-2-1-3-11(13)14(19)21-15(18)20/h1-7H,8H2. The number of nitrogens with zero attached hydrogens (tertiary/aromatic N) is 1. The quantitative estimate of drug-likeness (QED) is 0.714. The summed E-state index contributed by atoms with van der Waals surface area (Å²) in [7, 11) is 0. The molecule has 0 bridgehead atoms. The molecule has 1 aromatic heterocycles. The van der Waals surface area contributed by atoms with Crippen LogP contribution in [0.15, 0.2) is 60.9 Å². The van der Waals surface area contributed by atoms with Crippen molar-refractivity contribution < 1.29 is 8.81 Å². The molecule has 0 N–H and O–H groups in total. The highest BCUT2D eigenvalue weighted by molar-refractivity contribution is 9.10. The van der Waals surface area contributed by atoms with E-state index in [1.54, 1.807) is 30.3 Å². The van der Waals surface area contributed by atoms with E-state index in [9.17, 15) is 14.0 Å². The molecule has 0 unspecified atom stereocenters. The van der Waals surface area contributed by atoms with Crippen LogP contribution in [0.4, 0.5) is 4.39 Å². The summed E-state index contributed by atoms with van der Waals surface area (Å²) in [5.41, 5.74) is 0.358. The fourth-order valence-electron chi connectivity index (χ4n) is 2.15. The molecule has 0 aliphatic heterocycles. The maximum Gasteiger partial charge on any atom is 0.422 e. The van der Waals surface area contributed by atoms with Gasteiger partial charge in [-0.3, -0.25) is 4.57 Å². The van der Waals surface area contributed by atoms with Gasteiger partial charge in [0.15, 0.2) is 0 Å². The lowest BCUT2D eigenvalue weighted by molar-refractivity contribution is 0.424. The zero-order valence-corrected chi connectivity index (χ0v) is 12.3. The number of hydrogen-bond acceptors (Lipinski definition) is 3. The SMILES string of the molecule is O=c1oc(=O)n(Cc2cc(F)ccc2Br)c2ccccc12. The van der Waals surface area contributed by atoms with Gasteiger partial charge in [0.2, 0.25) is 0 Å². The number of para-hydroxylation sites is 1. The second-order valence-corrected chi connectivity index (χ2v) is 5.35. The molecule has 0 aliphatic carbocycles. The average Bonchev–Trinajstić information content (AvgIpc) is 2.47. The summed E-state index contributed by atoms with van der Waals surface area (Å²) in [6, 6.07) is 10.9. The second-order valence-electron chi connectivity index (χ2n) is 4.49. The molecule has 6 heteroatoms. The minimum absolute atomic E-state index is 0.0987. The summed E-state index contributed by atoms with van der Waals surface area (Å²) >= 11 is 3.32. The van der Waals surface area contributed by atoms with Crippen LogP contribution in [0.5, 0.6) is 0 Å². The lowest BCUT2D eigenvalue weighted by atomic mass is 10.2. The summed E-state index contributed by atoms with van der Waals surface area (Å²) in [6.45, 7) is 0.0987. The number of rotatable bonds is 2. The van der Waals surface area contributed by atoms with E-state index in [0.29, 0.717) is 20.9 Å². The molecule has 4 nitrogen and oxygen atoms in total. The van der Waals surface area contributed by atoms with Crippen LogP contribution in [0.1, 0.15) is 5.56 Å². The number of benzene rings is 2. The van der Waals surface area contributed by atoms with Crippen LogP contribution in [0.25, 0.3) is 10.9 Å². The van der Waals surface area contributed by atoms with Gasteiger partial charge in [-0.05, 0) is 35.9 Å². The van der Waals surface area contributed by atoms with Gasteiger partial charge in [-0.15, -0.1) is 0 Å². The second kappa shape index (κ2) is 5.29. The van der Waals surface area contributed by atoms with E-state index < -0.39 is 17.2 Å². The molecule has 0 fully saturated rings. The van der Waals surface area contributed by atoms with Crippen molar-refractivity contribution in [3.8, 4) is 0 Å². The Hall–Kier alpha value is -2.21. The minimum atomic E-state index is -0.769. The first-order chi connectivity index (χ1) is 10.1. The summed E-state index contributed by atoms with van der Waals surface area (Å²) in [5, 5.41) is 0.310. The first-order valence-electron chi connectivity index (χ1n) is 6.13. The molecule has 0 amide bonds. The highest BCUT2D eigenvalue weighted by Gasteiger charge is 2.11. The molecule has 3 aromatic rings. The van der Waals surface area contributed by atoms with Crippen LogP contribution in [-0.4, -0.2) is 4.57 Å². The predicted molar refractivity (Wildman–Crippen MR) is 79.9 cm³/mol. The molecule has 0 radical (unpaired) electrons. The van der Waals surface area contributed by atoms with Gasteiger partial charge in [-0.2, -0.15) is 0 Å². The van der Waals surface area contributed by atoms with Gasteiger partial charge < -0.3 is 4.42 Å². The predicted octanol–water partition coefficient (Wildman–Crippen LogP) is 2.90. The lowest BCUT2D eigenvalue weighted by Gasteiger charge is -2.10. The molecule has 1 heterocycles. The first kappa shape index (κ1) is 13.8. The average molecular weight is 350 g/mol. The Bertz CT molecular complexity index is 946. The maximum atomic E-state index is 13.3. The van der Waals surface area contributed by atoms with E-state index in [2.05, 4.69) is 15.9 Å². The molecule has 0 atom stereocenters. The number of aromatic nitrogens is 1. The number of hydrogen-bond donors (Lipinski definition) is 0. The highest BCUT2D eigenvalue weighted by Crippen LogP contribution is 2.19. The van der Waals surface area contributed by atoms with E-state index >= 15 is 0 Å². The Morgan fingerprint density at radius 2 is 1.90 bits per heavy atom. The summed E-state index contributed by atoms with van der Waals surface area (Å²) in [5.74, 6) is -1.17. The summed E-state index contributed by atoms with van der Waals surface area (Å²) in [4.78, 5) is 23.6. The topological polar surface area (TPSA) is 52.2 Å². The van der Waals surface area contributed by atoms with Crippen LogP contribution in [0, 0.1) is 5.82 Å². The summed E-state index contributed by atoms with van der Waals surface area (Å²) in [6.07, 6.45) is 0. The minimum Gasteiger partial charge on any atom is -0.372 e. The van der Waals surface area contributed by atoms with E-state index in [4.69, 9.17) is 4.42 Å². The third kappa shape index (κ3) is 2.54. The van der Waals surface area contributed by atoms with Crippen molar-refractivity contribution >= 4 is 26.8 Å². The third-order valence-electron chi connectivity index (χ3n) is 3.15. The van der Waals surface area contributed by atoms with Gasteiger partial charge in [0, 0.05) is 4.47 Å². The van der Waals surface area contributed by atoms with Gasteiger partial charge >= 0.3 is 11.4 Å². The third-order valence-corrected chi connectivity index (χ3v) is 3.92. The molecular formula is C15H9BrFNO3. The van der Waals surface area contributed by atoms with Crippen molar-refractivity contribution in [1.29, 1.82) is 0 Å². The van der Waals surface area contributed by atoms with Crippen molar-refractivity contribution in [2.45, 2.75) is 6.54 Å². The van der Waals surface area contributed by atoms with Crippen LogP contribution in [-0.2, 0) is 6.54 Å². The largest absolute Gasteiger partial charge is 0.422 e. The first-order valence-corrected chi connectivity index (χ1v) is 6.92. The van der Waals surface area contributed by atoms with Gasteiger partial charge in [-0.25, -0.2) is 14.0 Å². The maximum absolute atomic E-state index is 13.3. The lowest BCUT2D eigenvalue weighted by Crippen LogP contribution is -2.25. The molecule has 3 rings (SSSR count). The van der Waals surface area contributed by atoms with Crippen molar-refractivity contribution in [1.82, 2.24) is 4.57 Å². The molecule has 0 saturated carbocycles. The van der Waals surface area contributed by atoms with E-state index in [0.717, 1.165) is 0 Å². The number of halogens is 2. The van der Waals surface area contributed by atoms with E-state index in [1.807, 2.05) is 0 Å². The van der Waals surface area contributed by atoms with E-state index in [-0.39, 0.29) is 6.54 Å². The molecule has 106 valence electrons. The highest BCUT2D eigenvalue weighted by atomic mass is 79.9. The monoisotopic (exact) mass is 349 g/mol. The zero-order chi connectivity index (χ0) is 15.0. The normalized spacial score (nSPS) is 11.0. The van der Waals surface area contributed by atoms with E-state index in [1.165, 1.54) is 16.7 Å². The van der Waals surface area contributed by atoms with Crippen molar-refractivity contribution in [2.75, 3.05) is 0 Å². The van der Waals surface area contributed by atoms with Crippen molar-refractivity contribution in [3.63, 3.8) is 0 Å². The van der Waals surface area contributed by atoms with Crippen LogP contribution >= 0.6 is 15.9 Å². The Labute approximate surface area is 126 Å². The van der Waals surface area contributed by atoms with Crippen molar-refractivity contribution in [3.05, 3.63) is 79.3 Å². The Balaban J connectivity index is 2.24. The van der Waals surface area contributed by atoms with Gasteiger partial charge in [0.1, 0.15) is 5.82 Å². The van der Waals surface area contributed by atoms with Crippen LogP contribution < -0.4 is 11.4 Å². The number of fused-ring (bicyclic) bond motifs is 1. The molecule has 0 aliphatic rings. The smallest absolute Gasteiger partial charge is 0.372 e. The fourth-order valence-corrected chi connectivity index (χ4v) is 2.53. The van der Waals surface area contributed by atoms with Gasteiger partial charge in [-0.1, -0.05) is 28.1 Å². The Kier molecular flexibility index (Phi) is 3.47. The van der Waals surface area contributed by atoms with Crippen LogP contribution in [0.2, 0.25) is 0 Å². The molecule has 2 aromatic carbocycles. The Morgan fingerprint density at radius 1 is 1.14 bits per heavy atom. The summed E-state index contributed by atoms with van der Waals surface area (Å²) < 4.78 is 20.0. The van der Waals surface area contributed by atoms with Gasteiger partial charge in [0.25, 0.3) is 0 Å². The molecule has 0 saturated heterocycles. The van der Waals surface area contributed by atoms with Gasteiger partial charge in [0.05, 0.1) is 17.4 Å². The van der Waals surface area contributed by atoms with Crippen molar-refractivity contribution in [2.24, 2.45) is 0 Å². The Morgan fingerprint density at radius 3 is 2.71 bits per heavy atom. The molecular weight excluding hydrogens is 341 g/mol. The zero-order valence-electron chi connectivity index (χ0n) is 10.7. The molecule has 21 heavy (non-hydrogen) atoms.